The third-order valence-electron chi connectivity index (χ3n) is 5.22. The van der Waals surface area contributed by atoms with Crippen molar-refractivity contribution < 1.29 is 36.4 Å². The molecule has 0 saturated heterocycles. The number of carbonyl (C=O) groups is 2. The molecule has 7 heteroatoms. The van der Waals surface area contributed by atoms with Crippen LogP contribution in [0.1, 0.15) is 26.7 Å². The summed E-state index contributed by atoms with van der Waals surface area (Å²) >= 11 is -4.17. The topological polar surface area (TPSA) is 76.7 Å². The molecule has 0 atom stereocenters. The van der Waals surface area contributed by atoms with Crippen LogP contribution in [0.25, 0.3) is 0 Å². The van der Waals surface area contributed by atoms with Crippen molar-refractivity contribution in [2.45, 2.75) is 26.7 Å². The molecule has 4 rings (SSSR count). The van der Waals surface area contributed by atoms with Gasteiger partial charge in [-0.25, -0.2) is 0 Å². The van der Waals surface area contributed by atoms with E-state index in [1.807, 2.05) is 60.7 Å². The summed E-state index contributed by atoms with van der Waals surface area (Å²) in [7, 11) is 0. The summed E-state index contributed by atoms with van der Waals surface area (Å²) in [6.45, 7) is 2.96. The van der Waals surface area contributed by atoms with Crippen molar-refractivity contribution in [2.24, 2.45) is 0 Å². The molecule has 2 aromatic carbocycles. The fraction of sp³-hybridized carbons (Fsp3) is 0.154. The number of allylic oxidation sites excluding steroid dienone is 8. The van der Waals surface area contributed by atoms with E-state index in [1.54, 1.807) is 0 Å². The van der Waals surface area contributed by atoms with Gasteiger partial charge in [-0.2, -0.15) is 0 Å². The van der Waals surface area contributed by atoms with Crippen LogP contribution in [0.3, 0.4) is 0 Å². The van der Waals surface area contributed by atoms with Crippen molar-refractivity contribution in [1.82, 2.24) is 0 Å². The van der Waals surface area contributed by atoms with Gasteiger partial charge in [-0.05, 0) is 0 Å². The average Bonchev–Trinajstić information content (AvgIpc) is 3.48. The van der Waals surface area contributed by atoms with Crippen molar-refractivity contribution in [3.63, 3.8) is 0 Å². The van der Waals surface area contributed by atoms with Crippen molar-refractivity contribution in [3.05, 3.63) is 91.5 Å². The van der Waals surface area contributed by atoms with Crippen LogP contribution >= 0.6 is 0 Å². The van der Waals surface area contributed by atoms with Gasteiger partial charge in [0.1, 0.15) is 0 Å². The van der Waals surface area contributed by atoms with E-state index in [1.165, 1.54) is 13.8 Å². The quantitative estimate of drug-likeness (QED) is 0.465. The fourth-order valence-corrected chi connectivity index (χ4v) is 12.0. The number of amides is 2. The maximum absolute atomic E-state index is 11.5. The number of carbonyl (C=O) groups excluding carboxylic acids is 2. The Morgan fingerprint density at radius 2 is 1.21 bits per heavy atom. The third-order valence-corrected chi connectivity index (χ3v) is 13.8. The van der Waals surface area contributed by atoms with Crippen LogP contribution in [0.15, 0.2) is 91.5 Å². The molecular formula is C26H26N2O4Zr. The molecule has 0 radical (unpaired) electrons. The molecule has 6 nitrogen and oxygen atoms in total. The van der Waals surface area contributed by atoms with Gasteiger partial charge in [0.05, 0.1) is 0 Å². The molecular weight excluding hydrogens is 496 g/mol. The normalized spacial score (nSPS) is 14.5. The van der Waals surface area contributed by atoms with Gasteiger partial charge < -0.3 is 0 Å². The molecule has 0 bridgehead atoms. The van der Waals surface area contributed by atoms with E-state index in [-0.39, 0.29) is 11.8 Å². The zero-order chi connectivity index (χ0) is 23.3. The number of rotatable bonds is 8. The molecule has 2 N–H and O–H groups in total. The van der Waals surface area contributed by atoms with Crippen molar-refractivity contribution in [1.29, 1.82) is 0 Å². The first-order valence-corrected chi connectivity index (χ1v) is 15.3. The zero-order valence-corrected chi connectivity index (χ0v) is 21.1. The Labute approximate surface area is 199 Å². The Kier molecular flexibility index (Phi) is 7.09. The molecule has 0 unspecified atom stereocenters. The predicted octanol–water partition coefficient (Wildman–Crippen LogP) is 5.73. The Morgan fingerprint density at radius 1 is 0.758 bits per heavy atom. The molecule has 2 aliphatic carbocycles. The monoisotopic (exact) mass is 520 g/mol. The SMILES string of the molecule is CC(=O)Nc1cccc([O][Zr]([O]c2cccc(NC(C)=O)c2)([C]2=CC=CC2)[C]2=CC=CC2)c1. The first-order chi connectivity index (χ1) is 15.9. The predicted molar refractivity (Wildman–Crippen MR) is 126 cm³/mol. The summed E-state index contributed by atoms with van der Waals surface area (Å²) < 4.78 is 16.0. The van der Waals surface area contributed by atoms with Crippen LogP contribution in [0.4, 0.5) is 11.4 Å². The van der Waals surface area contributed by atoms with E-state index in [2.05, 4.69) is 34.9 Å². The first kappa shape index (κ1) is 23.0. The Bertz CT molecular complexity index is 1100. The summed E-state index contributed by atoms with van der Waals surface area (Å²) in [5.74, 6) is 1.02. The number of nitrogens with one attached hydrogen (secondary N) is 2. The average molecular weight is 522 g/mol. The fourth-order valence-electron chi connectivity index (χ4n) is 3.89. The van der Waals surface area contributed by atoms with Gasteiger partial charge in [-0.1, -0.05) is 0 Å². The van der Waals surface area contributed by atoms with Crippen molar-refractivity contribution in [2.75, 3.05) is 10.6 Å². The third kappa shape index (κ3) is 5.61. The van der Waals surface area contributed by atoms with Crippen molar-refractivity contribution in [3.8, 4) is 11.5 Å². The Balaban J connectivity index is 1.75. The van der Waals surface area contributed by atoms with Gasteiger partial charge in [0.2, 0.25) is 0 Å². The molecule has 168 valence electrons. The molecule has 0 saturated carbocycles. The van der Waals surface area contributed by atoms with E-state index in [9.17, 15) is 9.59 Å². The van der Waals surface area contributed by atoms with Crippen LogP contribution in [0.2, 0.25) is 0 Å². The van der Waals surface area contributed by atoms with Crippen LogP contribution in [0, 0.1) is 0 Å². The maximum atomic E-state index is 11.5. The van der Waals surface area contributed by atoms with Gasteiger partial charge in [-0.3, -0.25) is 0 Å². The number of hydrogen-bond acceptors (Lipinski definition) is 4. The molecule has 2 aliphatic rings. The van der Waals surface area contributed by atoms with Crippen LogP contribution in [0.5, 0.6) is 11.5 Å². The van der Waals surface area contributed by atoms with E-state index in [0.29, 0.717) is 22.9 Å². The number of benzene rings is 2. The molecule has 2 aromatic rings. The second-order valence-corrected chi connectivity index (χ2v) is 15.1. The molecule has 0 spiro atoms. The minimum atomic E-state index is -4.17. The summed E-state index contributed by atoms with van der Waals surface area (Å²) in [6.07, 6.45) is 14.0. The van der Waals surface area contributed by atoms with Gasteiger partial charge in [0, 0.05) is 0 Å². The first-order valence-electron chi connectivity index (χ1n) is 10.8. The van der Waals surface area contributed by atoms with Gasteiger partial charge in [0.25, 0.3) is 0 Å². The van der Waals surface area contributed by atoms with E-state index in [4.69, 9.17) is 5.63 Å². The summed E-state index contributed by atoms with van der Waals surface area (Å²) in [5, 5.41) is 5.63. The molecule has 0 fully saturated rings. The molecule has 0 heterocycles. The minimum absolute atomic E-state index is 0.140. The Hall–Kier alpha value is -3.18. The summed E-state index contributed by atoms with van der Waals surface area (Å²) in [4.78, 5) is 23.1. The Morgan fingerprint density at radius 3 is 1.58 bits per heavy atom. The van der Waals surface area contributed by atoms with E-state index in [0.717, 1.165) is 19.4 Å². The molecule has 0 aromatic heterocycles. The summed E-state index contributed by atoms with van der Waals surface area (Å²) in [5.41, 5.74) is 1.34. The van der Waals surface area contributed by atoms with Gasteiger partial charge in [0.15, 0.2) is 0 Å². The van der Waals surface area contributed by atoms with Crippen LogP contribution in [-0.4, -0.2) is 11.8 Å². The van der Waals surface area contributed by atoms with Crippen LogP contribution < -0.4 is 16.3 Å². The zero-order valence-electron chi connectivity index (χ0n) is 18.6. The second-order valence-electron chi connectivity index (χ2n) is 7.89. The molecule has 2 amide bonds. The number of hydrogen-bond donors (Lipinski definition) is 2. The standard InChI is InChI=1S/2C8H9NO2.2C5H5.Zr/c2*1-6(10)9-7-3-2-4-8(11)5-7;2*1-2-4-5-3-1;/h2*2-5,11H,1H3,(H,9,10);2*1-3H,4H2;/q;;;;+2/p-2. The number of anilines is 2. The van der Waals surface area contributed by atoms with Gasteiger partial charge in [-0.15, -0.1) is 0 Å². The van der Waals surface area contributed by atoms with Crippen LogP contribution in [-0.2, 0) is 30.7 Å². The summed E-state index contributed by atoms with van der Waals surface area (Å²) in [6, 6.07) is 14.8. The second kappa shape index (κ2) is 10.2. The van der Waals surface area contributed by atoms with E-state index >= 15 is 0 Å². The molecule has 0 aliphatic heterocycles. The molecule has 33 heavy (non-hydrogen) atoms. The van der Waals surface area contributed by atoms with Gasteiger partial charge >= 0.3 is 200 Å². The van der Waals surface area contributed by atoms with E-state index < -0.39 is 21.1 Å². The van der Waals surface area contributed by atoms with Crippen molar-refractivity contribution >= 4 is 23.2 Å².